The Kier molecular flexibility index (Phi) is 6.18. The summed E-state index contributed by atoms with van der Waals surface area (Å²) in [4.78, 5) is 29.2. The number of urea groups is 1. The minimum absolute atomic E-state index is 0.217. The summed E-state index contributed by atoms with van der Waals surface area (Å²) < 4.78 is 38.3. The molecule has 0 aliphatic carbocycles. The van der Waals surface area contributed by atoms with Crippen LogP contribution in [0.15, 0.2) is 66.0 Å². The van der Waals surface area contributed by atoms with Gasteiger partial charge in [0.15, 0.2) is 0 Å². The first kappa shape index (κ1) is 21.9. The van der Waals surface area contributed by atoms with Crippen LogP contribution >= 0.6 is 11.3 Å². The van der Waals surface area contributed by atoms with Gasteiger partial charge in [-0.15, -0.1) is 11.3 Å². The highest BCUT2D eigenvalue weighted by Crippen LogP contribution is 2.30. The second kappa shape index (κ2) is 9.04. The number of hydrogen-bond donors (Lipinski definition) is 1. The Hall–Kier alpha value is -3.33. The molecule has 0 unspecified atom stereocenters. The van der Waals surface area contributed by atoms with E-state index in [0.29, 0.717) is 34.9 Å². The second-order valence-electron chi connectivity index (χ2n) is 7.39. The number of carbonyl (C=O) groups is 2. The number of anilines is 2. The van der Waals surface area contributed by atoms with E-state index in [1.165, 1.54) is 23.5 Å². The van der Waals surface area contributed by atoms with Gasteiger partial charge in [0.2, 0.25) is 0 Å². The van der Waals surface area contributed by atoms with Crippen LogP contribution in [0.1, 0.15) is 27.2 Å². The van der Waals surface area contributed by atoms with Gasteiger partial charge in [-0.25, -0.2) is 4.79 Å². The van der Waals surface area contributed by atoms with Crippen LogP contribution in [0, 0.1) is 0 Å². The number of alkyl halides is 3. The highest BCUT2D eigenvalue weighted by Gasteiger charge is 2.31. The van der Waals surface area contributed by atoms with Crippen LogP contribution in [0.2, 0.25) is 0 Å². The van der Waals surface area contributed by atoms with Crippen LogP contribution in [0.25, 0.3) is 0 Å². The molecule has 1 aromatic heterocycles. The zero-order valence-corrected chi connectivity index (χ0v) is 17.7. The molecular weight excluding hydrogens is 439 g/mol. The summed E-state index contributed by atoms with van der Waals surface area (Å²) in [6.45, 7) is 1.26. The molecule has 1 aliphatic heterocycles. The molecule has 3 aromatic rings. The Balaban J connectivity index is 1.45. The molecule has 2 aromatic carbocycles. The van der Waals surface area contributed by atoms with Crippen LogP contribution in [0.3, 0.4) is 0 Å². The van der Waals surface area contributed by atoms with Crippen LogP contribution in [-0.4, -0.2) is 29.9 Å². The van der Waals surface area contributed by atoms with Gasteiger partial charge >= 0.3 is 12.2 Å². The van der Waals surface area contributed by atoms with Crippen molar-refractivity contribution in [3.05, 3.63) is 82.0 Å². The first-order chi connectivity index (χ1) is 15.3. The molecule has 1 aliphatic rings. The van der Waals surface area contributed by atoms with Crippen molar-refractivity contribution in [1.29, 1.82) is 0 Å². The predicted octanol–water partition coefficient (Wildman–Crippen LogP) is 5.85. The summed E-state index contributed by atoms with van der Waals surface area (Å²) in [5, 5.41) is 4.66. The Labute approximate surface area is 187 Å². The molecule has 32 heavy (non-hydrogen) atoms. The number of rotatable bonds is 5. The van der Waals surface area contributed by atoms with Crippen molar-refractivity contribution in [2.75, 3.05) is 23.3 Å². The van der Waals surface area contributed by atoms with Crippen molar-refractivity contribution in [1.82, 2.24) is 4.90 Å². The number of halogens is 3. The third-order valence-corrected chi connectivity index (χ3v) is 6.00. The lowest BCUT2D eigenvalue weighted by molar-refractivity contribution is -0.137. The molecule has 0 saturated carbocycles. The molecule has 166 valence electrons. The average molecular weight is 459 g/mol. The first-order valence-corrected chi connectivity index (χ1v) is 10.9. The van der Waals surface area contributed by atoms with Crippen molar-refractivity contribution < 1.29 is 22.8 Å². The van der Waals surface area contributed by atoms with E-state index in [0.717, 1.165) is 18.6 Å². The van der Waals surface area contributed by atoms with E-state index in [1.807, 2.05) is 5.38 Å². The summed E-state index contributed by atoms with van der Waals surface area (Å²) in [7, 11) is 0. The van der Waals surface area contributed by atoms with Crippen molar-refractivity contribution in [3.63, 3.8) is 0 Å². The van der Waals surface area contributed by atoms with Gasteiger partial charge in [-0.3, -0.25) is 9.69 Å². The molecule has 4 rings (SSSR count). The summed E-state index contributed by atoms with van der Waals surface area (Å²) in [6.07, 6.45) is -3.67. The molecule has 0 radical (unpaired) electrons. The fourth-order valence-corrected chi connectivity index (χ4v) is 4.16. The molecule has 3 amide bonds. The average Bonchev–Trinajstić information content (AvgIpc) is 3.30. The van der Waals surface area contributed by atoms with E-state index in [9.17, 15) is 22.8 Å². The molecule has 0 atom stereocenters. The Morgan fingerprint density at radius 1 is 1.03 bits per heavy atom. The van der Waals surface area contributed by atoms with Crippen molar-refractivity contribution in [3.8, 4) is 0 Å². The van der Waals surface area contributed by atoms with Gasteiger partial charge in [0.25, 0.3) is 5.91 Å². The third-order valence-electron chi connectivity index (χ3n) is 5.13. The molecule has 1 fully saturated rings. The van der Waals surface area contributed by atoms with E-state index in [4.69, 9.17) is 0 Å². The van der Waals surface area contributed by atoms with Crippen LogP contribution in [0.4, 0.5) is 29.3 Å². The maximum Gasteiger partial charge on any atom is 0.416 e. The lowest BCUT2D eigenvalue weighted by Gasteiger charge is -2.36. The van der Waals surface area contributed by atoms with Crippen molar-refractivity contribution >= 4 is 34.6 Å². The topological polar surface area (TPSA) is 52.7 Å². The van der Waals surface area contributed by atoms with Gasteiger partial charge < -0.3 is 10.2 Å². The standard InChI is InChI=1S/C23H20F3N3O2S/c24-23(25,26)17-9-7-16(8-10-17)15-28-11-3-12-29(22(28)31)19-5-1-4-18(14-19)27-21(30)20-6-2-13-32-20/h1-2,4-10,13-14H,3,11-12,15H2,(H,27,30). The second-order valence-corrected chi connectivity index (χ2v) is 8.33. The molecule has 5 nitrogen and oxygen atoms in total. The van der Waals surface area contributed by atoms with Gasteiger partial charge in [0.05, 0.1) is 10.4 Å². The van der Waals surface area contributed by atoms with E-state index in [1.54, 1.807) is 46.2 Å². The molecule has 0 spiro atoms. The van der Waals surface area contributed by atoms with Crippen molar-refractivity contribution in [2.24, 2.45) is 0 Å². The molecular formula is C23H20F3N3O2S. The summed E-state index contributed by atoms with van der Waals surface area (Å²) in [5.41, 5.74) is 1.14. The normalized spacial score (nSPS) is 14.5. The predicted molar refractivity (Wildman–Crippen MR) is 118 cm³/mol. The van der Waals surface area contributed by atoms with E-state index in [-0.39, 0.29) is 18.5 Å². The molecule has 1 saturated heterocycles. The zero-order valence-electron chi connectivity index (χ0n) is 16.9. The van der Waals surface area contributed by atoms with Gasteiger partial charge in [-0.2, -0.15) is 13.2 Å². The molecule has 2 heterocycles. The Morgan fingerprint density at radius 3 is 2.50 bits per heavy atom. The molecule has 1 N–H and O–H groups in total. The zero-order chi connectivity index (χ0) is 22.7. The number of thiophene rings is 1. The number of nitrogens with zero attached hydrogens (tertiary/aromatic N) is 2. The molecule has 0 bridgehead atoms. The smallest absolute Gasteiger partial charge is 0.321 e. The van der Waals surface area contributed by atoms with E-state index in [2.05, 4.69) is 5.32 Å². The van der Waals surface area contributed by atoms with Gasteiger partial charge in [0.1, 0.15) is 0 Å². The van der Waals surface area contributed by atoms with Gasteiger partial charge in [0, 0.05) is 31.0 Å². The van der Waals surface area contributed by atoms with Crippen LogP contribution in [-0.2, 0) is 12.7 Å². The van der Waals surface area contributed by atoms with Crippen LogP contribution < -0.4 is 10.2 Å². The lowest BCUT2D eigenvalue weighted by atomic mass is 10.1. The summed E-state index contributed by atoms with van der Waals surface area (Å²) >= 11 is 1.34. The number of nitrogens with one attached hydrogen (secondary N) is 1. The fourth-order valence-electron chi connectivity index (χ4n) is 3.54. The Bertz CT molecular complexity index is 1100. The number of amides is 3. The first-order valence-electron chi connectivity index (χ1n) is 9.99. The number of benzene rings is 2. The number of hydrogen-bond acceptors (Lipinski definition) is 3. The third kappa shape index (κ3) is 4.94. The minimum atomic E-state index is -4.39. The monoisotopic (exact) mass is 459 g/mol. The fraction of sp³-hybridized carbons (Fsp3) is 0.217. The number of carbonyl (C=O) groups excluding carboxylic acids is 2. The molecule has 9 heteroatoms. The highest BCUT2D eigenvalue weighted by molar-refractivity contribution is 7.12. The lowest BCUT2D eigenvalue weighted by Crippen LogP contribution is -2.49. The van der Waals surface area contributed by atoms with Crippen molar-refractivity contribution in [2.45, 2.75) is 19.1 Å². The summed E-state index contributed by atoms with van der Waals surface area (Å²) in [6, 6.07) is 15.2. The summed E-state index contributed by atoms with van der Waals surface area (Å²) in [5.74, 6) is -0.217. The Morgan fingerprint density at radius 2 is 1.81 bits per heavy atom. The minimum Gasteiger partial charge on any atom is -0.321 e. The van der Waals surface area contributed by atoms with Crippen LogP contribution in [0.5, 0.6) is 0 Å². The van der Waals surface area contributed by atoms with Gasteiger partial charge in [-0.05, 0) is 53.8 Å². The van der Waals surface area contributed by atoms with Gasteiger partial charge in [-0.1, -0.05) is 24.3 Å². The largest absolute Gasteiger partial charge is 0.416 e. The SMILES string of the molecule is O=C(Nc1cccc(N2CCCN(Cc3ccc(C(F)(F)F)cc3)C2=O)c1)c1cccs1. The van der Waals surface area contributed by atoms with E-state index < -0.39 is 11.7 Å². The maximum atomic E-state index is 13.1. The maximum absolute atomic E-state index is 13.1. The van der Waals surface area contributed by atoms with E-state index >= 15 is 0 Å². The highest BCUT2D eigenvalue weighted by atomic mass is 32.1. The quantitative estimate of drug-likeness (QED) is 0.520.